The molecule has 0 spiro atoms. The molecule has 0 amide bonds. The molecular weight excluding hydrogens is 210 g/mol. The lowest BCUT2D eigenvalue weighted by molar-refractivity contribution is 0.690. The van der Waals surface area contributed by atoms with Crippen LogP contribution in [0.25, 0.3) is 11.3 Å². The van der Waals surface area contributed by atoms with Crippen LogP contribution in [0.3, 0.4) is 0 Å². The first-order valence-electron chi connectivity index (χ1n) is 6.18. The van der Waals surface area contributed by atoms with Gasteiger partial charge in [-0.15, -0.1) is 0 Å². The summed E-state index contributed by atoms with van der Waals surface area (Å²) in [6, 6.07) is 10.1. The molecule has 0 radical (unpaired) electrons. The molecule has 1 aromatic heterocycles. The third kappa shape index (κ3) is 2.18. The highest BCUT2D eigenvalue weighted by molar-refractivity contribution is 5.70. The molecule has 0 aliphatic heterocycles. The average molecular weight is 229 g/mol. The first-order chi connectivity index (χ1) is 8.27. The van der Waals surface area contributed by atoms with Gasteiger partial charge in [0, 0.05) is 18.5 Å². The maximum Gasteiger partial charge on any atom is 0.131 e. The van der Waals surface area contributed by atoms with Crippen molar-refractivity contribution in [3.8, 4) is 11.3 Å². The number of benzene rings is 1. The molecule has 2 N–H and O–H groups in total. The van der Waals surface area contributed by atoms with Gasteiger partial charge in [-0.05, 0) is 13.3 Å². The monoisotopic (exact) mass is 229 g/mol. The van der Waals surface area contributed by atoms with Crippen molar-refractivity contribution < 1.29 is 0 Å². The van der Waals surface area contributed by atoms with Crippen LogP contribution in [0.15, 0.2) is 30.3 Å². The molecular formula is C14H19N3. The predicted molar refractivity (Wildman–Crippen MR) is 71.7 cm³/mol. The molecule has 3 nitrogen and oxygen atoms in total. The maximum atomic E-state index is 6.18. The Balaban J connectivity index is 2.49. The maximum absolute atomic E-state index is 6.18. The molecule has 0 aliphatic rings. The highest BCUT2D eigenvalue weighted by Gasteiger charge is 2.13. The lowest BCUT2D eigenvalue weighted by atomic mass is 10.1. The second kappa shape index (κ2) is 5.04. The molecule has 1 heterocycles. The molecule has 2 rings (SSSR count). The summed E-state index contributed by atoms with van der Waals surface area (Å²) >= 11 is 0. The summed E-state index contributed by atoms with van der Waals surface area (Å²) in [6.07, 6.45) is 2.07. The van der Waals surface area contributed by atoms with Gasteiger partial charge in [0.2, 0.25) is 0 Å². The number of nitrogens with zero attached hydrogens (tertiary/aromatic N) is 2. The molecule has 1 aromatic carbocycles. The van der Waals surface area contributed by atoms with Gasteiger partial charge >= 0.3 is 0 Å². The quantitative estimate of drug-likeness (QED) is 0.875. The second-order valence-electron chi connectivity index (χ2n) is 4.12. The Morgan fingerprint density at radius 1 is 1.18 bits per heavy atom. The standard InChI is InChI=1S/C14H19N3/c1-3-8-12-16-13(14(15)17(12)4-2)11-9-6-5-7-10-11/h5-7,9-10H,3-4,8,15H2,1-2H3. The van der Waals surface area contributed by atoms with Crippen molar-refractivity contribution in [1.29, 1.82) is 0 Å². The number of hydrogen-bond donors (Lipinski definition) is 1. The van der Waals surface area contributed by atoms with Crippen molar-refractivity contribution in [3.63, 3.8) is 0 Å². The minimum Gasteiger partial charge on any atom is -0.383 e. The van der Waals surface area contributed by atoms with E-state index in [1.165, 1.54) is 0 Å². The van der Waals surface area contributed by atoms with Crippen LogP contribution in [0.2, 0.25) is 0 Å². The fourth-order valence-corrected chi connectivity index (χ4v) is 2.09. The van der Waals surface area contributed by atoms with Crippen LogP contribution in [0.1, 0.15) is 26.1 Å². The zero-order valence-electron chi connectivity index (χ0n) is 10.5. The first kappa shape index (κ1) is 11.7. The number of nitrogen functional groups attached to an aromatic ring is 1. The van der Waals surface area contributed by atoms with Crippen molar-refractivity contribution >= 4 is 5.82 Å². The Morgan fingerprint density at radius 2 is 1.88 bits per heavy atom. The number of imidazole rings is 1. The highest BCUT2D eigenvalue weighted by Crippen LogP contribution is 2.26. The molecule has 0 unspecified atom stereocenters. The molecule has 0 atom stereocenters. The third-order valence-corrected chi connectivity index (χ3v) is 2.92. The molecule has 0 saturated heterocycles. The van der Waals surface area contributed by atoms with Crippen LogP contribution in [0, 0.1) is 0 Å². The SMILES string of the molecule is CCCc1nc(-c2ccccc2)c(N)n1CC. The molecule has 0 aliphatic carbocycles. The van der Waals surface area contributed by atoms with E-state index in [2.05, 4.69) is 35.5 Å². The van der Waals surface area contributed by atoms with E-state index in [1.54, 1.807) is 0 Å². The zero-order chi connectivity index (χ0) is 12.3. The van der Waals surface area contributed by atoms with Gasteiger partial charge in [-0.1, -0.05) is 37.3 Å². The number of nitrogens with two attached hydrogens (primary N) is 1. The summed E-state index contributed by atoms with van der Waals surface area (Å²) in [5.41, 5.74) is 8.18. The summed E-state index contributed by atoms with van der Waals surface area (Å²) in [6.45, 7) is 5.14. The van der Waals surface area contributed by atoms with Crippen LogP contribution in [-0.4, -0.2) is 9.55 Å². The molecule has 2 aromatic rings. The van der Waals surface area contributed by atoms with Crippen molar-refractivity contribution in [2.45, 2.75) is 33.2 Å². The van der Waals surface area contributed by atoms with E-state index in [-0.39, 0.29) is 0 Å². The number of aromatic nitrogens is 2. The number of hydrogen-bond acceptors (Lipinski definition) is 2. The topological polar surface area (TPSA) is 43.8 Å². The van der Waals surface area contributed by atoms with Gasteiger partial charge in [-0.2, -0.15) is 0 Å². The minimum atomic E-state index is 0.780. The van der Waals surface area contributed by atoms with Crippen molar-refractivity contribution in [2.75, 3.05) is 5.73 Å². The van der Waals surface area contributed by atoms with Crippen LogP contribution in [0.4, 0.5) is 5.82 Å². The number of aryl methyl sites for hydroxylation is 1. The van der Waals surface area contributed by atoms with Crippen LogP contribution >= 0.6 is 0 Å². The Morgan fingerprint density at radius 3 is 2.47 bits per heavy atom. The first-order valence-corrected chi connectivity index (χ1v) is 6.18. The Bertz CT molecular complexity index is 486. The van der Waals surface area contributed by atoms with Crippen molar-refractivity contribution in [1.82, 2.24) is 9.55 Å². The van der Waals surface area contributed by atoms with Crippen LogP contribution in [0.5, 0.6) is 0 Å². The van der Waals surface area contributed by atoms with E-state index in [9.17, 15) is 0 Å². The Labute approximate surface area is 102 Å². The Kier molecular flexibility index (Phi) is 3.47. The van der Waals surface area contributed by atoms with Crippen LogP contribution in [-0.2, 0) is 13.0 Å². The van der Waals surface area contributed by atoms with E-state index in [0.717, 1.165) is 42.3 Å². The van der Waals surface area contributed by atoms with Crippen molar-refractivity contribution in [3.05, 3.63) is 36.2 Å². The summed E-state index contributed by atoms with van der Waals surface area (Å²) in [7, 11) is 0. The van der Waals surface area contributed by atoms with E-state index < -0.39 is 0 Å². The van der Waals surface area contributed by atoms with Gasteiger partial charge in [0.15, 0.2) is 0 Å². The van der Waals surface area contributed by atoms with Gasteiger partial charge in [-0.3, -0.25) is 0 Å². The van der Waals surface area contributed by atoms with E-state index in [1.807, 2.05) is 18.2 Å². The zero-order valence-corrected chi connectivity index (χ0v) is 10.5. The van der Waals surface area contributed by atoms with E-state index >= 15 is 0 Å². The normalized spacial score (nSPS) is 10.7. The van der Waals surface area contributed by atoms with Crippen molar-refractivity contribution in [2.24, 2.45) is 0 Å². The predicted octanol–water partition coefficient (Wildman–Crippen LogP) is 3.10. The van der Waals surface area contributed by atoms with Gasteiger partial charge in [0.1, 0.15) is 17.3 Å². The van der Waals surface area contributed by atoms with Gasteiger partial charge in [0.25, 0.3) is 0 Å². The molecule has 17 heavy (non-hydrogen) atoms. The lowest BCUT2D eigenvalue weighted by Gasteiger charge is -2.05. The Hall–Kier alpha value is -1.77. The lowest BCUT2D eigenvalue weighted by Crippen LogP contribution is -2.05. The number of anilines is 1. The van der Waals surface area contributed by atoms with Crippen LogP contribution < -0.4 is 5.73 Å². The minimum absolute atomic E-state index is 0.780. The number of rotatable bonds is 4. The molecule has 0 fully saturated rings. The second-order valence-corrected chi connectivity index (χ2v) is 4.12. The summed E-state index contributed by atoms with van der Waals surface area (Å²) in [4.78, 5) is 4.68. The summed E-state index contributed by atoms with van der Waals surface area (Å²) < 4.78 is 2.10. The van der Waals surface area contributed by atoms with Gasteiger partial charge < -0.3 is 10.3 Å². The fraction of sp³-hybridized carbons (Fsp3) is 0.357. The molecule has 3 heteroatoms. The molecule has 0 saturated carbocycles. The third-order valence-electron chi connectivity index (χ3n) is 2.92. The summed E-state index contributed by atoms with van der Waals surface area (Å²) in [5, 5.41) is 0. The van der Waals surface area contributed by atoms with Gasteiger partial charge in [-0.25, -0.2) is 4.98 Å². The van der Waals surface area contributed by atoms with Gasteiger partial charge in [0.05, 0.1) is 0 Å². The smallest absolute Gasteiger partial charge is 0.131 e. The van der Waals surface area contributed by atoms with E-state index in [4.69, 9.17) is 5.73 Å². The highest BCUT2D eigenvalue weighted by atomic mass is 15.1. The molecule has 90 valence electrons. The van der Waals surface area contributed by atoms with E-state index in [0.29, 0.717) is 0 Å². The summed E-state index contributed by atoms with van der Waals surface area (Å²) in [5.74, 6) is 1.87. The largest absolute Gasteiger partial charge is 0.383 e. The fourth-order valence-electron chi connectivity index (χ4n) is 2.09. The average Bonchev–Trinajstić information content (AvgIpc) is 2.67. The molecule has 0 bridgehead atoms.